The molecule has 1 aromatic rings. The van der Waals surface area contributed by atoms with Gasteiger partial charge in [0.25, 0.3) is 5.91 Å². The summed E-state index contributed by atoms with van der Waals surface area (Å²) < 4.78 is 5.54. The second kappa shape index (κ2) is 5.80. The highest BCUT2D eigenvalue weighted by molar-refractivity contribution is 5.94. The summed E-state index contributed by atoms with van der Waals surface area (Å²) in [7, 11) is 0. The van der Waals surface area contributed by atoms with Crippen molar-refractivity contribution in [2.75, 3.05) is 18.5 Å². The summed E-state index contributed by atoms with van der Waals surface area (Å²) in [6.07, 6.45) is 0.630. The minimum atomic E-state index is -0.391. The molecule has 1 heterocycles. The van der Waals surface area contributed by atoms with Gasteiger partial charge >= 0.3 is 0 Å². The molecule has 1 aromatic carbocycles. The average Bonchev–Trinajstić information content (AvgIpc) is 2.40. The van der Waals surface area contributed by atoms with E-state index in [2.05, 4.69) is 17.6 Å². The molecule has 0 radical (unpaired) electrons. The minimum absolute atomic E-state index is 0.0850. The van der Waals surface area contributed by atoms with E-state index in [1.54, 1.807) is 0 Å². The van der Waals surface area contributed by atoms with Gasteiger partial charge in [0.1, 0.15) is 6.10 Å². The number of benzene rings is 1. The Bertz CT molecular complexity index is 359. The molecule has 4 heteroatoms. The van der Waals surface area contributed by atoms with Crippen molar-refractivity contribution in [2.24, 2.45) is 0 Å². The maximum atomic E-state index is 11.9. The van der Waals surface area contributed by atoms with E-state index in [1.807, 2.05) is 30.3 Å². The van der Waals surface area contributed by atoms with Gasteiger partial charge in [0.15, 0.2) is 0 Å². The number of nitrogens with one attached hydrogen (secondary N) is 2. The summed E-state index contributed by atoms with van der Waals surface area (Å²) in [5, 5.41) is 6.14. The number of amides is 1. The van der Waals surface area contributed by atoms with Gasteiger partial charge in [-0.25, -0.2) is 0 Å². The Morgan fingerprint density at radius 3 is 2.82 bits per heavy atom. The molecule has 1 amide bonds. The number of carbonyl (C=O) groups is 1. The Balaban J connectivity index is 1.85. The fourth-order valence-electron chi connectivity index (χ4n) is 1.80. The molecule has 1 aliphatic rings. The fraction of sp³-hybridized carbons (Fsp3) is 0.462. The summed E-state index contributed by atoms with van der Waals surface area (Å²) in [6, 6.07) is 9.80. The van der Waals surface area contributed by atoms with Gasteiger partial charge in [-0.2, -0.15) is 0 Å². The van der Waals surface area contributed by atoms with E-state index < -0.39 is 6.10 Å². The molecule has 2 rings (SSSR count). The monoisotopic (exact) mass is 234 g/mol. The predicted octanol–water partition coefficient (Wildman–Crippen LogP) is 1.39. The molecule has 0 spiro atoms. The van der Waals surface area contributed by atoms with E-state index in [9.17, 15) is 4.79 Å². The molecule has 0 aliphatic carbocycles. The highest BCUT2D eigenvalue weighted by Crippen LogP contribution is 2.09. The van der Waals surface area contributed by atoms with Crippen LogP contribution in [0.3, 0.4) is 0 Å². The first-order chi connectivity index (χ1) is 8.29. The van der Waals surface area contributed by atoms with Crippen LogP contribution in [-0.2, 0) is 9.53 Å². The summed E-state index contributed by atoms with van der Waals surface area (Å²) >= 11 is 0. The second-order valence-electron chi connectivity index (χ2n) is 4.19. The summed E-state index contributed by atoms with van der Waals surface area (Å²) in [5.41, 5.74) is 0.804. The zero-order valence-electron chi connectivity index (χ0n) is 9.98. The van der Waals surface area contributed by atoms with E-state index in [-0.39, 0.29) is 5.91 Å². The summed E-state index contributed by atoms with van der Waals surface area (Å²) in [4.78, 5) is 11.9. The van der Waals surface area contributed by atoms with Gasteiger partial charge in [-0.3, -0.25) is 4.79 Å². The van der Waals surface area contributed by atoms with Crippen molar-refractivity contribution in [2.45, 2.75) is 25.5 Å². The normalized spacial score (nSPS) is 24.3. The number of para-hydroxylation sites is 1. The molecule has 1 aliphatic heterocycles. The van der Waals surface area contributed by atoms with Gasteiger partial charge in [-0.1, -0.05) is 25.1 Å². The number of rotatable bonds is 3. The van der Waals surface area contributed by atoms with E-state index in [0.29, 0.717) is 19.2 Å². The molecule has 0 saturated carbocycles. The molecule has 2 N–H and O–H groups in total. The number of anilines is 1. The fourth-order valence-corrected chi connectivity index (χ4v) is 1.80. The van der Waals surface area contributed by atoms with Gasteiger partial charge < -0.3 is 15.4 Å². The van der Waals surface area contributed by atoms with Gasteiger partial charge in [0, 0.05) is 18.3 Å². The molecular weight excluding hydrogens is 216 g/mol. The third-order valence-electron chi connectivity index (χ3n) is 2.92. The summed E-state index contributed by atoms with van der Waals surface area (Å²) in [6.45, 7) is 3.28. The van der Waals surface area contributed by atoms with Gasteiger partial charge in [-0.15, -0.1) is 0 Å². The van der Waals surface area contributed by atoms with E-state index in [4.69, 9.17) is 4.74 Å². The molecule has 0 aromatic heterocycles. The lowest BCUT2D eigenvalue weighted by Gasteiger charge is -2.28. The van der Waals surface area contributed by atoms with Crippen LogP contribution >= 0.6 is 0 Å². The van der Waals surface area contributed by atoms with Crippen molar-refractivity contribution in [3.8, 4) is 0 Å². The van der Waals surface area contributed by atoms with Gasteiger partial charge in [-0.05, 0) is 18.6 Å². The van der Waals surface area contributed by atoms with E-state index >= 15 is 0 Å². The average molecular weight is 234 g/mol. The predicted molar refractivity (Wildman–Crippen MR) is 66.9 cm³/mol. The molecule has 2 atom stereocenters. The lowest BCUT2D eigenvalue weighted by molar-refractivity contribution is -0.130. The standard InChI is InChI=1S/C13H18N2O2/c1-2-10-9-17-12(8-14-10)13(16)15-11-6-4-3-5-7-11/h3-7,10,12,14H,2,8-9H2,1H3,(H,15,16). The molecule has 1 fully saturated rings. The van der Waals surface area contributed by atoms with Crippen LogP contribution in [0.25, 0.3) is 0 Å². The first-order valence-corrected chi connectivity index (χ1v) is 6.00. The van der Waals surface area contributed by atoms with Gasteiger partial charge in [0.05, 0.1) is 6.61 Å². The molecule has 0 bridgehead atoms. The van der Waals surface area contributed by atoms with Crippen LogP contribution in [0.5, 0.6) is 0 Å². The number of carbonyl (C=O) groups excluding carboxylic acids is 1. The summed E-state index contributed by atoms with van der Waals surface area (Å²) in [5.74, 6) is -0.0850. The number of morpholine rings is 1. The SMILES string of the molecule is CCC1COC(C(=O)Nc2ccccc2)CN1. The topological polar surface area (TPSA) is 50.4 Å². The first-order valence-electron chi connectivity index (χ1n) is 6.00. The van der Waals surface area contributed by atoms with Crippen molar-refractivity contribution in [3.63, 3.8) is 0 Å². The Morgan fingerprint density at radius 1 is 1.47 bits per heavy atom. The number of hydrogen-bond acceptors (Lipinski definition) is 3. The lowest BCUT2D eigenvalue weighted by atomic mass is 10.2. The van der Waals surface area contributed by atoms with Crippen molar-refractivity contribution < 1.29 is 9.53 Å². The second-order valence-corrected chi connectivity index (χ2v) is 4.19. The van der Waals surface area contributed by atoms with Crippen molar-refractivity contribution in [1.82, 2.24) is 5.32 Å². The van der Waals surface area contributed by atoms with Crippen LogP contribution in [0.15, 0.2) is 30.3 Å². The highest BCUT2D eigenvalue weighted by atomic mass is 16.5. The first kappa shape index (κ1) is 12.1. The lowest BCUT2D eigenvalue weighted by Crippen LogP contribution is -2.50. The Morgan fingerprint density at radius 2 is 2.24 bits per heavy atom. The Labute approximate surface area is 101 Å². The molecule has 2 unspecified atom stereocenters. The third-order valence-corrected chi connectivity index (χ3v) is 2.92. The Kier molecular flexibility index (Phi) is 4.12. The zero-order valence-corrected chi connectivity index (χ0v) is 9.98. The van der Waals surface area contributed by atoms with E-state index in [1.165, 1.54) is 0 Å². The van der Waals surface area contributed by atoms with Crippen LogP contribution in [0, 0.1) is 0 Å². The van der Waals surface area contributed by atoms with Crippen LogP contribution in [0.4, 0.5) is 5.69 Å². The molecule has 4 nitrogen and oxygen atoms in total. The third kappa shape index (κ3) is 3.28. The van der Waals surface area contributed by atoms with Crippen LogP contribution in [-0.4, -0.2) is 31.2 Å². The highest BCUT2D eigenvalue weighted by Gasteiger charge is 2.25. The maximum Gasteiger partial charge on any atom is 0.254 e. The van der Waals surface area contributed by atoms with Crippen LogP contribution in [0.2, 0.25) is 0 Å². The van der Waals surface area contributed by atoms with Crippen LogP contribution in [0.1, 0.15) is 13.3 Å². The number of ether oxygens (including phenoxy) is 1. The molecule has 17 heavy (non-hydrogen) atoms. The number of hydrogen-bond donors (Lipinski definition) is 2. The quantitative estimate of drug-likeness (QED) is 0.831. The van der Waals surface area contributed by atoms with Gasteiger partial charge in [0.2, 0.25) is 0 Å². The van der Waals surface area contributed by atoms with E-state index in [0.717, 1.165) is 12.1 Å². The minimum Gasteiger partial charge on any atom is -0.365 e. The molecular formula is C13H18N2O2. The molecule has 1 saturated heterocycles. The zero-order chi connectivity index (χ0) is 12.1. The molecule has 92 valence electrons. The van der Waals surface area contributed by atoms with Crippen molar-refractivity contribution in [1.29, 1.82) is 0 Å². The Hall–Kier alpha value is -1.39. The van der Waals surface area contributed by atoms with Crippen molar-refractivity contribution in [3.05, 3.63) is 30.3 Å². The smallest absolute Gasteiger partial charge is 0.254 e. The largest absolute Gasteiger partial charge is 0.365 e. The maximum absolute atomic E-state index is 11.9. The van der Waals surface area contributed by atoms with Crippen LogP contribution < -0.4 is 10.6 Å². The van der Waals surface area contributed by atoms with Crippen molar-refractivity contribution >= 4 is 11.6 Å².